The Labute approximate surface area is 225 Å². The molecule has 0 aliphatic heterocycles. The van der Waals surface area contributed by atoms with E-state index in [1.807, 2.05) is 29.8 Å². The molecule has 3 N–H and O–H groups in total. The third kappa shape index (κ3) is 6.45. The number of pyridine rings is 1. The van der Waals surface area contributed by atoms with Crippen molar-refractivity contribution >= 4 is 46.7 Å². The number of fused-ring (bicyclic) bond motifs is 1. The summed E-state index contributed by atoms with van der Waals surface area (Å²) < 4.78 is 6.98. The summed E-state index contributed by atoms with van der Waals surface area (Å²) in [4.78, 5) is 50.1. The standard InChI is InChI=1S/C28H29N7O4/c1-3-39-26(37)13-15-35(24-6-4-5-14-30-24)28(38)20-9-12-23-22(16-20)33-25(34(23)2)17-31-21-10-7-19(8-11-21)27(29)32-18-36/h4-12,14,16,18,31H,3,13,15,17H2,1-2H3,(H2,29,32,36). The van der Waals surface area contributed by atoms with Crippen LogP contribution >= 0.6 is 0 Å². The van der Waals surface area contributed by atoms with Gasteiger partial charge in [-0.05, 0) is 61.5 Å². The molecule has 0 fully saturated rings. The molecule has 0 radical (unpaired) electrons. The van der Waals surface area contributed by atoms with Crippen molar-refractivity contribution in [3.63, 3.8) is 0 Å². The molecular weight excluding hydrogens is 498 g/mol. The molecule has 0 atom stereocenters. The minimum atomic E-state index is -0.379. The minimum absolute atomic E-state index is 0.0509. The van der Waals surface area contributed by atoms with Crippen LogP contribution in [-0.4, -0.2) is 51.8 Å². The molecule has 0 aliphatic carbocycles. The number of nitrogens with two attached hydrogens (primary N) is 1. The van der Waals surface area contributed by atoms with Crippen LogP contribution < -0.4 is 16.0 Å². The van der Waals surface area contributed by atoms with Crippen molar-refractivity contribution in [3.8, 4) is 0 Å². The average Bonchev–Trinajstić information content (AvgIpc) is 3.27. The second-order valence-corrected chi connectivity index (χ2v) is 8.54. The number of rotatable bonds is 11. The molecule has 0 spiro atoms. The van der Waals surface area contributed by atoms with Gasteiger partial charge in [0.1, 0.15) is 17.5 Å². The second-order valence-electron chi connectivity index (χ2n) is 8.54. The van der Waals surface area contributed by atoms with Gasteiger partial charge in [-0.25, -0.2) is 9.97 Å². The maximum Gasteiger partial charge on any atom is 0.307 e. The van der Waals surface area contributed by atoms with Gasteiger partial charge in [0.25, 0.3) is 5.91 Å². The van der Waals surface area contributed by atoms with Gasteiger partial charge in [-0.15, -0.1) is 0 Å². The van der Waals surface area contributed by atoms with Crippen LogP contribution in [0.25, 0.3) is 11.0 Å². The number of nitrogens with zero attached hydrogens (tertiary/aromatic N) is 5. The third-order valence-corrected chi connectivity index (χ3v) is 6.06. The Morgan fingerprint density at radius 2 is 1.90 bits per heavy atom. The Morgan fingerprint density at radius 3 is 2.59 bits per heavy atom. The van der Waals surface area contributed by atoms with Crippen LogP contribution in [0.5, 0.6) is 0 Å². The number of esters is 1. The van der Waals surface area contributed by atoms with E-state index >= 15 is 0 Å². The van der Waals surface area contributed by atoms with Gasteiger partial charge in [0, 0.05) is 36.6 Å². The number of aryl methyl sites for hydroxylation is 1. The van der Waals surface area contributed by atoms with E-state index in [4.69, 9.17) is 15.5 Å². The number of amides is 2. The Kier molecular flexibility index (Phi) is 8.62. The fourth-order valence-electron chi connectivity index (χ4n) is 4.04. The van der Waals surface area contributed by atoms with E-state index in [1.54, 1.807) is 55.6 Å². The van der Waals surface area contributed by atoms with Gasteiger partial charge in [0.05, 0.1) is 30.6 Å². The summed E-state index contributed by atoms with van der Waals surface area (Å²) in [5, 5.41) is 3.31. The molecule has 39 heavy (non-hydrogen) atoms. The molecule has 200 valence electrons. The molecule has 2 heterocycles. The number of hydrogen-bond acceptors (Lipinski definition) is 7. The quantitative estimate of drug-likeness (QED) is 0.131. The van der Waals surface area contributed by atoms with Crippen LogP contribution in [0.3, 0.4) is 0 Å². The summed E-state index contributed by atoms with van der Waals surface area (Å²) in [7, 11) is 1.91. The highest BCUT2D eigenvalue weighted by Gasteiger charge is 2.21. The normalized spacial score (nSPS) is 11.3. The van der Waals surface area contributed by atoms with Crippen molar-refractivity contribution in [1.29, 1.82) is 0 Å². The first-order valence-electron chi connectivity index (χ1n) is 12.4. The van der Waals surface area contributed by atoms with E-state index in [9.17, 15) is 14.4 Å². The Hall–Kier alpha value is -5.06. The van der Waals surface area contributed by atoms with E-state index in [1.165, 1.54) is 4.90 Å². The summed E-state index contributed by atoms with van der Waals surface area (Å²) in [6, 6.07) is 17.8. The topological polar surface area (TPSA) is 145 Å². The van der Waals surface area contributed by atoms with Gasteiger partial charge in [0.2, 0.25) is 6.41 Å². The van der Waals surface area contributed by atoms with E-state index in [2.05, 4.69) is 15.3 Å². The van der Waals surface area contributed by atoms with E-state index < -0.39 is 0 Å². The first kappa shape index (κ1) is 27.0. The molecule has 2 aromatic carbocycles. The zero-order chi connectivity index (χ0) is 27.8. The fraction of sp³-hybridized carbons (Fsp3) is 0.214. The van der Waals surface area contributed by atoms with E-state index in [0.29, 0.717) is 35.4 Å². The molecule has 0 saturated carbocycles. The number of amidine groups is 1. The van der Waals surface area contributed by atoms with Gasteiger partial charge < -0.3 is 20.4 Å². The highest BCUT2D eigenvalue weighted by atomic mass is 16.5. The number of aliphatic imine (C=N–C) groups is 1. The molecule has 0 aliphatic rings. The van der Waals surface area contributed by atoms with Gasteiger partial charge in [0.15, 0.2) is 0 Å². The number of carbonyl (C=O) groups excluding carboxylic acids is 3. The number of anilines is 2. The Balaban J connectivity index is 1.52. The zero-order valence-corrected chi connectivity index (χ0v) is 21.7. The van der Waals surface area contributed by atoms with Crippen molar-refractivity contribution in [2.24, 2.45) is 17.8 Å². The van der Waals surface area contributed by atoms with Crippen LogP contribution in [0.2, 0.25) is 0 Å². The fourth-order valence-corrected chi connectivity index (χ4v) is 4.04. The first-order chi connectivity index (χ1) is 18.9. The predicted octanol–water partition coefficient (Wildman–Crippen LogP) is 3.04. The van der Waals surface area contributed by atoms with Gasteiger partial charge in [-0.3, -0.25) is 19.3 Å². The van der Waals surface area contributed by atoms with Crippen LogP contribution in [0.15, 0.2) is 71.9 Å². The SMILES string of the molecule is CCOC(=O)CCN(C(=O)c1ccc2c(c1)nc(CNc1ccc(C(N)=NC=O)cc1)n2C)c1ccccn1. The molecule has 0 saturated heterocycles. The lowest BCUT2D eigenvalue weighted by Crippen LogP contribution is -2.34. The number of carbonyl (C=O) groups is 3. The molecule has 11 nitrogen and oxygen atoms in total. The highest BCUT2D eigenvalue weighted by Crippen LogP contribution is 2.21. The lowest BCUT2D eigenvalue weighted by Gasteiger charge is -2.21. The molecule has 0 unspecified atom stereocenters. The van der Waals surface area contributed by atoms with Gasteiger partial charge in [-0.2, -0.15) is 4.99 Å². The summed E-state index contributed by atoms with van der Waals surface area (Å²) in [6.07, 6.45) is 2.06. The number of benzene rings is 2. The number of aromatic nitrogens is 3. The first-order valence-corrected chi connectivity index (χ1v) is 12.4. The zero-order valence-electron chi connectivity index (χ0n) is 21.7. The number of imidazole rings is 1. The molecule has 0 bridgehead atoms. The number of hydrogen-bond donors (Lipinski definition) is 2. The minimum Gasteiger partial charge on any atom is -0.466 e. The van der Waals surface area contributed by atoms with Gasteiger partial charge >= 0.3 is 5.97 Å². The average molecular weight is 528 g/mol. The van der Waals surface area contributed by atoms with E-state index in [-0.39, 0.29) is 37.3 Å². The van der Waals surface area contributed by atoms with Crippen LogP contribution in [-0.2, 0) is 27.9 Å². The highest BCUT2D eigenvalue weighted by molar-refractivity contribution is 6.07. The monoisotopic (exact) mass is 527 g/mol. The molecular formula is C28H29N7O4. The van der Waals surface area contributed by atoms with Crippen molar-refractivity contribution < 1.29 is 19.1 Å². The Bertz CT molecular complexity index is 1500. The smallest absolute Gasteiger partial charge is 0.307 e. The summed E-state index contributed by atoms with van der Waals surface area (Å²) >= 11 is 0. The van der Waals surface area contributed by atoms with Crippen molar-refractivity contribution in [2.75, 3.05) is 23.4 Å². The largest absolute Gasteiger partial charge is 0.466 e. The van der Waals surface area contributed by atoms with Crippen molar-refractivity contribution in [2.45, 2.75) is 19.9 Å². The van der Waals surface area contributed by atoms with Crippen LogP contribution in [0.1, 0.15) is 35.1 Å². The molecule has 4 rings (SSSR count). The van der Waals surface area contributed by atoms with Crippen LogP contribution in [0, 0.1) is 0 Å². The molecule has 11 heteroatoms. The van der Waals surface area contributed by atoms with Gasteiger partial charge in [-0.1, -0.05) is 6.07 Å². The third-order valence-electron chi connectivity index (χ3n) is 6.06. The molecule has 2 amide bonds. The lowest BCUT2D eigenvalue weighted by atomic mass is 10.1. The maximum absolute atomic E-state index is 13.5. The van der Waals surface area contributed by atoms with Crippen molar-refractivity contribution in [1.82, 2.24) is 14.5 Å². The lowest BCUT2D eigenvalue weighted by molar-refractivity contribution is -0.142. The van der Waals surface area contributed by atoms with Crippen LogP contribution in [0.4, 0.5) is 11.5 Å². The Morgan fingerprint density at radius 1 is 1.13 bits per heavy atom. The summed E-state index contributed by atoms with van der Waals surface area (Å²) in [5.41, 5.74) is 9.20. The second kappa shape index (κ2) is 12.5. The number of nitrogens with one attached hydrogen (secondary N) is 1. The summed E-state index contributed by atoms with van der Waals surface area (Å²) in [6.45, 7) is 2.59. The predicted molar refractivity (Wildman–Crippen MR) is 148 cm³/mol. The summed E-state index contributed by atoms with van der Waals surface area (Å²) in [5.74, 6) is 0.700. The van der Waals surface area contributed by atoms with Crippen molar-refractivity contribution in [3.05, 3.63) is 83.8 Å². The number of ether oxygens (including phenoxy) is 1. The maximum atomic E-state index is 13.5. The molecule has 2 aromatic heterocycles. The van der Waals surface area contributed by atoms with E-state index in [0.717, 1.165) is 17.0 Å². The molecule has 4 aromatic rings.